The van der Waals surface area contributed by atoms with Crippen molar-refractivity contribution in [3.8, 4) is 5.75 Å². The summed E-state index contributed by atoms with van der Waals surface area (Å²) in [4.78, 5) is 27.5. The Kier molecular flexibility index (Phi) is 8.22. The summed E-state index contributed by atoms with van der Waals surface area (Å²) in [5, 5.41) is 4.27. The monoisotopic (exact) mass is 462 g/mol. The van der Waals surface area contributed by atoms with E-state index in [1.165, 1.54) is 4.90 Å². The van der Waals surface area contributed by atoms with Gasteiger partial charge in [0.05, 0.1) is 0 Å². The maximum atomic E-state index is 13.1. The third-order valence-electron chi connectivity index (χ3n) is 5.66. The molecule has 0 spiro atoms. The number of carbonyl (C=O) groups excluding carboxylic acids is 2. The van der Waals surface area contributed by atoms with Crippen LogP contribution in [-0.2, 0) is 16.1 Å². The SMILES string of the molecule is Cc1cc(OCC(=O)N(Cc2ccccc2Cl)[C@H](C)C(=O)NC2CCCC2)ccc1Cl. The van der Waals surface area contributed by atoms with Crippen LogP contribution in [0.1, 0.15) is 43.7 Å². The molecule has 0 aromatic heterocycles. The minimum atomic E-state index is -0.653. The second-order valence-electron chi connectivity index (χ2n) is 7.98. The zero-order valence-corrected chi connectivity index (χ0v) is 19.4. The average molecular weight is 463 g/mol. The summed E-state index contributed by atoms with van der Waals surface area (Å²) in [5.41, 5.74) is 1.64. The Morgan fingerprint density at radius 2 is 1.84 bits per heavy atom. The molecule has 2 aromatic carbocycles. The normalized spacial score (nSPS) is 14.8. The largest absolute Gasteiger partial charge is 0.484 e. The van der Waals surface area contributed by atoms with Crippen LogP contribution in [-0.4, -0.2) is 35.4 Å². The predicted molar refractivity (Wildman–Crippen MR) is 124 cm³/mol. The molecule has 5 nitrogen and oxygen atoms in total. The fourth-order valence-electron chi connectivity index (χ4n) is 3.72. The number of hydrogen-bond donors (Lipinski definition) is 1. The van der Waals surface area contributed by atoms with Gasteiger partial charge in [0.25, 0.3) is 5.91 Å². The van der Waals surface area contributed by atoms with E-state index in [-0.39, 0.29) is 31.0 Å². The first-order valence-electron chi connectivity index (χ1n) is 10.6. The molecule has 1 saturated carbocycles. The highest BCUT2D eigenvalue weighted by molar-refractivity contribution is 6.31. The molecule has 7 heteroatoms. The molecule has 0 bridgehead atoms. The summed E-state index contributed by atoms with van der Waals surface area (Å²) in [6, 6.07) is 12.1. The van der Waals surface area contributed by atoms with Gasteiger partial charge in [0.1, 0.15) is 11.8 Å². The average Bonchev–Trinajstić information content (AvgIpc) is 3.26. The summed E-state index contributed by atoms with van der Waals surface area (Å²) in [6.45, 7) is 3.65. The van der Waals surface area contributed by atoms with E-state index in [0.29, 0.717) is 15.8 Å². The van der Waals surface area contributed by atoms with Crippen molar-refractivity contribution in [2.24, 2.45) is 0 Å². The predicted octanol–water partition coefficient (Wildman–Crippen LogP) is 5.16. The molecule has 1 aliphatic carbocycles. The fraction of sp³-hybridized carbons (Fsp3) is 0.417. The third kappa shape index (κ3) is 6.37. The van der Waals surface area contributed by atoms with E-state index in [2.05, 4.69) is 5.32 Å². The number of benzene rings is 2. The van der Waals surface area contributed by atoms with Crippen LogP contribution < -0.4 is 10.1 Å². The smallest absolute Gasteiger partial charge is 0.261 e. The number of nitrogens with zero attached hydrogens (tertiary/aromatic N) is 1. The Morgan fingerprint density at radius 1 is 1.13 bits per heavy atom. The Bertz CT molecular complexity index is 929. The topological polar surface area (TPSA) is 58.6 Å². The maximum absolute atomic E-state index is 13.1. The van der Waals surface area contributed by atoms with Gasteiger partial charge < -0.3 is 15.0 Å². The van der Waals surface area contributed by atoms with Crippen molar-refractivity contribution >= 4 is 35.0 Å². The van der Waals surface area contributed by atoms with Gasteiger partial charge in [-0.3, -0.25) is 9.59 Å². The minimum Gasteiger partial charge on any atom is -0.484 e. The minimum absolute atomic E-state index is 0.158. The molecule has 0 heterocycles. The molecule has 2 aromatic rings. The summed E-state index contributed by atoms with van der Waals surface area (Å²) >= 11 is 12.4. The number of rotatable bonds is 8. The summed E-state index contributed by atoms with van der Waals surface area (Å²) < 4.78 is 5.70. The van der Waals surface area contributed by atoms with E-state index in [1.807, 2.05) is 25.1 Å². The van der Waals surface area contributed by atoms with E-state index in [9.17, 15) is 9.59 Å². The van der Waals surface area contributed by atoms with Crippen molar-refractivity contribution in [3.05, 3.63) is 63.6 Å². The lowest BCUT2D eigenvalue weighted by Crippen LogP contribution is -2.50. The van der Waals surface area contributed by atoms with E-state index in [4.69, 9.17) is 27.9 Å². The van der Waals surface area contributed by atoms with Crippen LogP contribution in [0.15, 0.2) is 42.5 Å². The molecule has 31 heavy (non-hydrogen) atoms. The molecule has 0 radical (unpaired) electrons. The number of halogens is 2. The molecule has 0 saturated heterocycles. The number of aryl methyl sites for hydroxylation is 1. The first-order chi connectivity index (χ1) is 14.8. The Hall–Kier alpha value is -2.24. The van der Waals surface area contributed by atoms with Crippen molar-refractivity contribution in [2.45, 2.75) is 58.2 Å². The summed E-state index contributed by atoms with van der Waals surface area (Å²) in [7, 11) is 0. The first kappa shape index (κ1) is 23.4. The number of nitrogens with one attached hydrogen (secondary N) is 1. The molecular weight excluding hydrogens is 435 g/mol. The van der Waals surface area contributed by atoms with Crippen LogP contribution in [0.3, 0.4) is 0 Å². The van der Waals surface area contributed by atoms with Crippen molar-refractivity contribution in [3.63, 3.8) is 0 Å². The number of carbonyl (C=O) groups is 2. The summed E-state index contributed by atoms with van der Waals surface area (Å²) in [6.07, 6.45) is 4.21. The van der Waals surface area contributed by atoms with Gasteiger partial charge in [0.15, 0.2) is 6.61 Å². The molecule has 0 aliphatic heterocycles. The van der Waals surface area contributed by atoms with Gasteiger partial charge in [-0.2, -0.15) is 0 Å². The van der Waals surface area contributed by atoms with Crippen LogP contribution in [0.25, 0.3) is 0 Å². The van der Waals surface area contributed by atoms with Gasteiger partial charge in [-0.05, 0) is 62.1 Å². The highest BCUT2D eigenvalue weighted by atomic mass is 35.5. The van der Waals surface area contributed by atoms with Gasteiger partial charge in [0, 0.05) is 22.6 Å². The molecule has 3 rings (SSSR count). The van der Waals surface area contributed by atoms with Gasteiger partial charge in [-0.25, -0.2) is 0 Å². The third-order valence-corrected chi connectivity index (χ3v) is 6.45. The molecule has 1 atom stereocenters. The number of hydrogen-bond acceptors (Lipinski definition) is 3. The number of ether oxygens (including phenoxy) is 1. The second kappa shape index (κ2) is 10.9. The Labute approximate surface area is 193 Å². The van der Waals surface area contributed by atoms with E-state index in [0.717, 1.165) is 36.8 Å². The van der Waals surface area contributed by atoms with E-state index >= 15 is 0 Å². The summed E-state index contributed by atoms with van der Waals surface area (Å²) in [5.74, 6) is 0.104. The van der Waals surface area contributed by atoms with E-state index in [1.54, 1.807) is 31.2 Å². The van der Waals surface area contributed by atoms with Gasteiger partial charge >= 0.3 is 0 Å². The van der Waals surface area contributed by atoms with Crippen molar-refractivity contribution in [2.75, 3.05) is 6.61 Å². The van der Waals surface area contributed by atoms with E-state index < -0.39 is 6.04 Å². The molecule has 1 N–H and O–H groups in total. The fourth-order valence-corrected chi connectivity index (χ4v) is 4.03. The maximum Gasteiger partial charge on any atom is 0.261 e. The standard InChI is InChI=1S/C24H28Cl2N2O3/c1-16-13-20(11-12-21(16)25)31-15-23(29)28(14-18-7-3-6-10-22(18)26)17(2)24(30)27-19-8-4-5-9-19/h3,6-7,10-13,17,19H,4-5,8-9,14-15H2,1-2H3,(H,27,30)/t17-/m1/s1. The van der Waals surface area contributed by atoms with Crippen molar-refractivity contribution in [1.82, 2.24) is 10.2 Å². The second-order valence-corrected chi connectivity index (χ2v) is 8.79. The van der Waals surface area contributed by atoms with Crippen LogP contribution in [0.5, 0.6) is 5.75 Å². The highest BCUT2D eigenvalue weighted by Crippen LogP contribution is 2.23. The zero-order valence-electron chi connectivity index (χ0n) is 17.9. The first-order valence-corrected chi connectivity index (χ1v) is 11.3. The van der Waals surface area contributed by atoms with Gasteiger partial charge in [-0.15, -0.1) is 0 Å². The van der Waals surface area contributed by atoms with Crippen molar-refractivity contribution in [1.29, 1.82) is 0 Å². The van der Waals surface area contributed by atoms with Crippen molar-refractivity contribution < 1.29 is 14.3 Å². The Morgan fingerprint density at radius 3 is 2.52 bits per heavy atom. The lowest BCUT2D eigenvalue weighted by Gasteiger charge is -2.30. The van der Waals surface area contributed by atoms with Gasteiger partial charge in [-0.1, -0.05) is 54.2 Å². The van der Waals surface area contributed by atoms with Crippen LogP contribution in [0.4, 0.5) is 0 Å². The molecule has 1 fully saturated rings. The van der Waals surface area contributed by atoms with Gasteiger partial charge in [0.2, 0.25) is 5.91 Å². The Balaban J connectivity index is 1.73. The highest BCUT2D eigenvalue weighted by Gasteiger charge is 2.29. The lowest BCUT2D eigenvalue weighted by molar-refractivity contribution is -0.142. The zero-order chi connectivity index (χ0) is 22.4. The van der Waals surface area contributed by atoms with Crippen LogP contribution in [0.2, 0.25) is 10.0 Å². The molecule has 0 unspecified atom stereocenters. The quantitative estimate of drug-likeness (QED) is 0.589. The van der Waals surface area contributed by atoms with Crippen LogP contribution >= 0.6 is 23.2 Å². The lowest BCUT2D eigenvalue weighted by atomic mass is 10.1. The molecule has 166 valence electrons. The van der Waals surface area contributed by atoms with Crippen LogP contribution in [0, 0.1) is 6.92 Å². The molecular formula is C24H28Cl2N2O3. The number of amides is 2. The molecule has 2 amide bonds. The molecule has 1 aliphatic rings.